The van der Waals surface area contributed by atoms with Gasteiger partial charge in [0.1, 0.15) is 17.3 Å². The number of rotatable bonds is 5. The number of halogens is 1. The maximum atomic E-state index is 13.4. The van der Waals surface area contributed by atoms with Crippen LogP contribution in [0.4, 0.5) is 4.39 Å². The molecule has 1 N–H and O–H groups in total. The van der Waals surface area contributed by atoms with E-state index >= 15 is 0 Å². The first kappa shape index (κ1) is 17.3. The Kier molecular flexibility index (Phi) is 5.02. The second-order valence-electron chi connectivity index (χ2n) is 5.12. The molecule has 132 valence electrons. The van der Waals surface area contributed by atoms with E-state index in [2.05, 4.69) is 15.2 Å². The van der Waals surface area contributed by atoms with Gasteiger partial charge in [-0.1, -0.05) is 12.1 Å². The Labute approximate surface area is 148 Å². The number of nitrogens with zero attached hydrogens (tertiary/aromatic N) is 3. The number of aromatic nitrogens is 3. The fourth-order valence-corrected chi connectivity index (χ4v) is 2.09. The number of hydrogen-bond acceptors (Lipinski definition) is 7. The molecule has 0 fully saturated rings. The minimum Gasteiger partial charge on any atom is -0.508 e. The van der Waals surface area contributed by atoms with E-state index < -0.39 is 11.8 Å². The number of aromatic hydroxyl groups is 1. The van der Waals surface area contributed by atoms with Crippen LogP contribution < -0.4 is 4.74 Å². The second-order valence-corrected chi connectivity index (χ2v) is 5.12. The number of esters is 1. The smallest absolute Gasteiger partial charge is 0.364 e. The molecule has 3 rings (SSSR count). The molecule has 26 heavy (non-hydrogen) atoms. The van der Waals surface area contributed by atoms with E-state index in [4.69, 9.17) is 9.47 Å². The zero-order valence-corrected chi connectivity index (χ0v) is 13.7. The molecular formula is C18H14FN3O4. The highest BCUT2D eigenvalue weighted by Gasteiger charge is 2.21. The monoisotopic (exact) mass is 355 g/mol. The minimum atomic E-state index is -0.743. The molecule has 0 unspecified atom stereocenters. The molecule has 0 atom stereocenters. The van der Waals surface area contributed by atoms with Crippen molar-refractivity contribution in [3.05, 3.63) is 60.0 Å². The summed E-state index contributed by atoms with van der Waals surface area (Å²) in [6.45, 7) is 1.80. The highest BCUT2D eigenvalue weighted by molar-refractivity contribution is 5.89. The predicted molar refractivity (Wildman–Crippen MR) is 89.4 cm³/mol. The van der Waals surface area contributed by atoms with Crippen LogP contribution in [0.2, 0.25) is 0 Å². The van der Waals surface area contributed by atoms with Gasteiger partial charge in [-0.15, -0.1) is 10.2 Å². The summed E-state index contributed by atoms with van der Waals surface area (Å²) in [5.74, 6) is -0.869. The number of hydrogen-bond donors (Lipinski definition) is 1. The van der Waals surface area contributed by atoms with E-state index in [9.17, 15) is 14.3 Å². The van der Waals surface area contributed by atoms with Gasteiger partial charge in [-0.2, -0.15) is 4.98 Å². The first-order chi connectivity index (χ1) is 12.6. The van der Waals surface area contributed by atoms with E-state index in [-0.39, 0.29) is 29.8 Å². The molecule has 0 saturated heterocycles. The van der Waals surface area contributed by atoms with Crippen LogP contribution in [-0.4, -0.2) is 32.9 Å². The summed E-state index contributed by atoms with van der Waals surface area (Å²) < 4.78 is 24.0. The van der Waals surface area contributed by atoms with Gasteiger partial charge in [-0.3, -0.25) is 0 Å². The van der Waals surface area contributed by atoms with Crippen molar-refractivity contribution in [2.75, 3.05) is 6.61 Å². The largest absolute Gasteiger partial charge is 0.508 e. The Balaban J connectivity index is 2.02. The van der Waals surface area contributed by atoms with Crippen LogP contribution in [0.1, 0.15) is 17.4 Å². The molecule has 1 heterocycles. The van der Waals surface area contributed by atoms with E-state index in [0.717, 1.165) is 0 Å². The number of phenolic OH excluding ortho intramolecular Hbond substituents is 1. The van der Waals surface area contributed by atoms with Crippen molar-refractivity contribution < 1.29 is 23.8 Å². The molecule has 0 spiro atoms. The summed E-state index contributed by atoms with van der Waals surface area (Å²) in [5.41, 5.74) is 0.170. The Morgan fingerprint density at radius 1 is 1.15 bits per heavy atom. The normalized spacial score (nSPS) is 10.4. The number of benzene rings is 2. The van der Waals surface area contributed by atoms with Gasteiger partial charge in [0.05, 0.1) is 6.61 Å². The fourth-order valence-electron chi connectivity index (χ4n) is 2.09. The zero-order chi connectivity index (χ0) is 18.5. The Bertz CT molecular complexity index is 932. The molecule has 0 aliphatic heterocycles. The molecule has 1 aromatic heterocycles. The molecule has 0 radical (unpaired) electrons. The van der Waals surface area contributed by atoms with Crippen molar-refractivity contribution in [3.63, 3.8) is 0 Å². The molecule has 7 nitrogen and oxygen atoms in total. The van der Waals surface area contributed by atoms with Crippen molar-refractivity contribution in [2.24, 2.45) is 0 Å². The van der Waals surface area contributed by atoms with Gasteiger partial charge in [0.15, 0.2) is 5.82 Å². The molecule has 0 amide bonds. The maximum absolute atomic E-state index is 13.4. The Morgan fingerprint density at radius 2 is 1.92 bits per heavy atom. The summed E-state index contributed by atoms with van der Waals surface area (Å²) in [7, 11) is 0. The zero-order valence-electron chi connectivity index (χ0n) is 13.7. The second kappa shape index (κ2) is 7.56. The highest BCUT2D eigenvalue weighted by Crippen LogP contribution is 2.26. The van der Waals surface area contributed by atoms with Crippen LogP contribution in [0.15, 0.2) is 48.5 Å². The molecule has 8 heteroatoms. The van der Waals surface area contributed by atoms with E-state index in [1.807, 2.05) is 0 Å². The van der Waals surface area contributed by atoms with Gasteiger partial charge in [0.25, 0.3) is 5.88 Å². The first-order valence-electron chi connectivity index (χ1n) is 7.71. The van der Waals surface area contributed by atoms with Crippen molar-refractivity contribution in [2.45, 2.75) is 6.92 Å². The molecule has 0 bridgehead atoms. The van der Waals surface area contributed by atoms with E-state index in [1.165, 1.54) is 42.5 Å². The number of carbonyl (C=O) groups is 1. The van der Waals surface area contributed by atoms with Gasteiger partial charge in [0.2, 0.25) is 5.69 Å². The van der Waals surface area contributed by atoms with Crippen LogP contribution in [0.5, 0.6) is 17.4 Å². The summed E-state index contributed by atoms with van der Waals surface area (Å²) >= 11 is 0. The van der Waals surface area contributed by atoms with Crippen LogP contribution >= 0.6 is 0 Å². The molecule has 0 saturated carbocycles. The SMILES string of the molecule is CCOC(=O)c1nnc(-c2cccc(F)c2)nc1Oc1ccc(O)cc1. The lowest BCUT2D eigenvalue weighted by Crippen LogP contribution is -2.12. The fraction of sp³-hybridized carbons (Fsp3) is 0.111. The highest BCUT2D eigenvalue weighted by atomic mass is 19.1. The van der Waals surface area contributed by atoms with Crippen LogP contribution in [0.25, 0.3) is 11.4 Å². The lowest BCUT2D eigenvalue weighted by Gasteiger charge is -2.10. The standard InChI is InChI=1S/C18H14FN3O4/c1-2-25-18(24)15-17(26-14-8-6-13(23)7-9-14)20-16(22-21-15)11-4-3-5-12(19)10-11/h3-10,23H,2H2,1H3. The molecular weight excluding hydrogens is 341 g/mol. The van der Waals surface area contributed by atoms with Gasteiger partial charge in [-0.05, 0) is 43.3 Å². The van der Waals surface area contributed by atoms with Crippen molar-refractivity contribution in [3.8, 4) is 28.8 Å². The van der Waals surface area contributed by atoms with Gasteiger partial charge >= 0.3 is 5.97 Å². The topological polar surface area (TPSA) is 94.4 Å². The summed E-state index contributed by atoms with van der Waals surface area (Å²) in [4.78, 5) is 16.2. The predicted octanol–water partition coefficient (Wildman–Crippen LogP) is 3.35. The van der Waals surface area contributed by atoms with Gasteiger partial charge < -0.3 is 14.6 Å². The molecule has 0 aliphatic carbocycles. The summed E-state index contributed by atoms with van der Waals surface area (Å²) in [5, 5.41) is 17.0. The van der Waals surface area contributed by atoms with E-state index in [0.29, 0.717) is 11.3 Å². The number of phenols is 1. The number of carbonyl (C=O) groups excluding carboxylic acids is 1. The molecule has 0 aliphatic rings. The van der Waals surface area contributed by atoms with Gasteiger partial charge in [0, 0.05) is 5.56 Å². The summed E-state index contributed by atoms with van der Waals surface area (Å²) in [6.07, 6.45) is 0. The van der Waals surface area contributed by atoms with Crippen molar-refractivity contribution in [1.82, 2.24) is 15.2 Å². The average Bonchev–Trinajstić information content (AvgIpc) is 2.64. The third kappa shape index (κ3) is 3.92. The summed E-state index contributed by atoms with van der Waals surface area (Å²) in [6, 6.07) is 11.5. The van der Waals surface area contributed by atoms with E-state index in [1.54, 1.807) is 13.0 Å². The van der Waals surface area contributed by atoms with Crippen LogP contribution in [0.3, 0.4) is 0 Å². The Hall–Kier alpha value is -3.55. The average molecular weight is 355 g/mol. The van der Waals surface area contributed by atoms with Crippen LogP contribution in [-0.2, 0) is 4.74 Å². The van der Waals surface area contributed by atoms with Gasteiger partial charge in [-0.25, -0.2) is 9.18 Å². The quantitative estimate of drug-likeness (QED) is 0.701. The van der Waals surface area contributed by atoms with Crippen molar-refractivity contribution >= 4 is 5.97 Å². The molecule has 2 aromatic carbocycles. The number of ether oxygens (including phenoxy) is 2. The van der Waals surface area contributed by atoms with Crippen LogP contribution in [0, 0.1) is 5.82 Å². The lowest BCUT2D eigenvalue weighted by molar-refractivity contribution is 0.0514. The third-order valence-corrected chi connectivity index (χ3v) is 3.26. The minimum absolute atomic E-state index is 0.0595. The first-order valence-corrected chi connectivity index (χ1v) is 7.71. The lowest BCUT2D eigenvalue weighted by atomic mass is 10.2. The molecule has 3 aromatic rings. The third-order valence-electron chi connectivity index (χ3n) is 3.26. The van der Waals surface area contributed by atoms with Crippen molar-refractivity contribution in [1.29, 1.82) is 0 Å². The Morgan fingerprint density at radius 3 is 2.62 bits per heavy atom. The maximum Gasteiger partial charge on any atom is 0.364 e.